The molecule has 3 N–H and O–H groups in total. The van der Waals surface area contributed by atoms with Crippen LogP contribution in [0.3, 0.4) is 0 Å². The number of hydrogen-bond acceptors (Lipinski definition) is 4. The zero-order valence-electron chi connectivity index (χ0n) is 11.0. The number of nitrogens with two attached hydrogens (primary N) is 1. The number of nitrogens with zero attached hydrogens (tertiary/aromatic N) is 1. The molecule has 20 heavy (non-hydrogen) atoms. The Morgan fingerprint density at radius 3 is 2.25 bits per heavy atom. The molecule has 0 fully saturated rings. The van der Waals surface area contributed by atoms with Gasteiger partial charge in [-0.05, 0) is 24.0 Å². The monoisotopic (exact) mass is 296 g/mol. The van der Waals surface area contributed by atoms with Crippen LogP contribution in [0.1, 0.15) is 15.9 Å². The van der Waals surface area contributed by atoms with Gasteiger partial charge in [-0.2, -0.15) is 11.8 Å². The van der Waals surface area contributed by atoms with E-state index in [9.17, 15) is 14.4 Å². The van der Waals surface area contributed by atoms with E-state index in [1.54, 1.807) is 36.0 Å². The van der Waals surface area contributed by atoms with E-state index in [0.717, 1.165) is 16.2 Å². The smallest absolute Gasteiger partial charge is 0.323 e. The molecule has 0 aliphatic rings. The molecule has 2 amide bonds. The fraction of sp³-hybridized carbons (Fsp3) is 0.308. The molecule has 1 aromatic rings. The third-order valence-electron chi connectivity index (χ3n) is 2.47. The van der Waals surface area contributed by atoms with Crippen LogP contribution in [0.5, 0.6) is 0 Å². The van der Waals surface area contributed by atoms with Gasteiger partial charge in [0.1, 0.15) is 13.1 Å². The summed E-state index contributed by atoms with van der Waals surface area (Å²) in [6.45, 7) is -0.980. The molecule has 0 saturated heterocycles. The Bertz CT molecular complexity index is 486. The fourth-order valence-corrected chi connectivity index (χ4v) is 2.17. The van der Waals surface area contributed by atoms with Crippen LogP contribution in [-0.2, 0) is 15.3 Å². The van der Waals surface area contributed by atoms with Gasteiger partial charge >= 0.3 is 5.97 Å². The molecule has 0 heterocycles. The summed E-state index contributed by atoms with van der Waals surface area (Å²) in [5.41, 5.74) is 6.41. The van der Waals surface area contributed by atoms with Crippen molar-refractivity contribution >= 4 is 29.5 Å². The zero-order chi connectivity index (χ0) is 15.1. The second-order valence-corrected chi connectivity index (χ2v) is 5.02. The first-order chi connectivity index (χ1) is 9.43. The number of hydrogen-bond donors (Lipinski definition) is 2. The van der Waals surface area contributed by atoms with Crippen LogP contribution in [0.2, 0.25) is 0 Å². The van der Waals surface area contributed by atoms with Crippen LogP contribution >= 0.6 is 11.8 Å². The second kappa shape index (κ2) is 7.54. The summed E-state index contributed by atoms with van der Waals surface area (Å²) in [5, 5.41) is 8.76. The van der Waals surface area contributed by atoms with Gasteiger partial charge in [0.2, 0.25) is 5.91 Å². The van der Waals surface area contributed by atoms with Crippen molar-refractivity contribution in [2.45, 2.75) is 5.75 Å². The summed E-state index contributed by atoms with van der Waals surface area (Å²) < 4.78 is 0. The fourth-order valence-electron chi connectivity index (χ4n) is 1.64. The van der Waals surface area contributed by atoms with Crippen molar-refractivity contribution in [3.05, 3.63) is 35.4 Å². The van der Waals surface area contributed by atoms with Crippen LogP contribution in [0.15, 0.2) is 24.3 Å². The van der Waals surface area contributed by atoms with E-state index in [1.807, 2.05) is 6.26 Å². The summed E-state index contributed by atoms with van der Waals surface area (Å²) >= 11 is 1.66. The number of carboxylic acids is 1. The number of amides is 2. The lowest BCUT2D eigenvalue weighted by Crippen LogP contribution is -2.41. The molecule has 0 aliphatic carbocycles. The van der Waals surface area contributed by atoms with E-state index in [0.29, 0.717) is 5.56 Å². The second-order valence-electron chi connectivity index (χ2n) is 4.15. The minimum absolute atomic E-state index is 0.331. The molecule has 1 aromatic carbocycles. The summed E-state index contributed by atoms with van der Waals surface area (Å²) in [6.07, 6.45) is 1.97. The summed E-state index contributed by atoms with van der Waals surface area (Å²) in [6, 6.07) is 6.83. The van der Waals surface area contributed by atoms with Gasteiger partial charge in [0, 0.05) is 11.3 Å². The molecule has 0 atom stereocenters. The van der Waals surface area contributed by atoms with E-state index in [-0.39, 0.29) is 0 Å². The number of rotatable bonds is 7. The molecule has 0 aliphatic heterocycles. The summed E-state index contributed by atoms with van der Waals surface area (Å²) in [4.78, 5) is 34.7. The summed E-state index contributed by atoms with van der Waals surface area (Å²) in [5.74, 6) is -1.65. The van der Waals surface area contributed by atoms with Crippen molar-refractivity contribution in [1.29, 1.82) is 0 Å². The number of aliphatic carboxylic acids is 1. The van der Waals surface area contributed by atoms with Crippen LogP contribution in [0.25, 0.3) is 0 Å². The van der Waals surface area contributed by atoms with E-state index in [4.69, 9.17) is 10.8 Å². The van der Waals surface area contributed by atoms with Gasteiger partial charge in [-0.1, -0.05) is 12.1 Å². The van der Waals surface area contributed by atoms with Crippen molar-refractivity contribution in [3.63, 3.8) is 0 Å². The molecule has 7 heteroatoms. The molecule has 108 valence electrons. The standard InChI is InChI=1S/C13H16N2O4S/c1-20-8-9-2-4-10(5-3-9)13(19)15(6-11(14)16)7-12(17)18/h2-5H,6-8H2,1H3,(H2,14,16)(H,17,18). The lowest BCUT2D eigenvalue weighted by atomic mass is 10.1. The Kier molecular flexibility index (Phi) is 6.05. The van der Waals surface area contributed by atoms with Gasteiger partial charge in [-0.15, -0.1) is 0 Å². The third-order valence-corrected chi connectivity index (χ3v) is 3.09. The maximum Gasteiger partial charge on any atom is 0.323 e. The molecule has 0 spiro atoms. The number of thioether (sulfide) groups is 1. The number of benzene rings is 1. The van der Waals surface area contributed by atoms with Crippen molar-refractivity contribution in [3.8, 4) is 0 Å². The van der Waals surface area contributed by atoms with E-state index < -0.39 is 30.9 Å². The number of carbonyl (C=O) groups is 3. The third kappa shape index (κ3) is 4.93. The molecule has 0 aromatic heterocycles. The highest BCUT2D eigenvalue weighted by atomic mass is 32.2. The quantitative estimate of drug-likeness (QED) is 0.765. The first-order valence-corrected chi connectivity index (χ1v) is 7.20. The highest BCUT2D eigenvalue weighted by molar-refractivity contribution is 7.97. The predicted molar refractivity (Wildman–Crippen MR) is 76.4 cm³/mol. The maximum absolute atomic E-state index is 12.1. The Balaban J connectivity index is 2.87. The van der Waals surface area contributed by atoms with Crippen LogP contribution in [0, 0.1) is 0 Å². The first-order valence-electron chi connectivity index (χ1n) is 5.81. The number of primary amides is 1. The topological polar surface area (TPSA) is 101 Å². The van der Waals surface area contributed by atoms with Gasteiger partial charge < -0.3 is 15.7 Å². The maximum atomic E-state index is 12.1. The highest BCUT2D eigenvalue weighted by Gasteiger charge is 2.20. The zero-order valence-corrected chi connectivity index (χ0v) is 11.9. The van der Waals surface area contributed by atoms with Gasteiger partial charge in [0.25, 0.3) is 5.91 Å². The Morgan fingerprint density at radius 2 is 1.80 bits per heavy atom. The normalized spacial score (nSPS) is 10.1. The molecule has 0 saturated carbocycles. The lowest BCUT2D eigenvalue weighted by molar-refractivity contribution is -0.138. The van der Waals surface area contributed by atoms with Gasteiger partial charge in [-0.3, -0.25) is 14.4 Å². The Labute approximate surface area is 120 Å². The molecule has 0 bridgehead atoms. The minimum Gasteiger partial charge on any atom is -0.480 e. The van der Waals surface area contributed by atoms with Gasteiger partial charge in [-0.25, -0.2) is 0 Å². The van der Waals surface area contributed by atoms with E-state index in [1.165, 1.54) is 0 Å². The minimum atomic E-state index is -1.20. The van der Waals surface area contributed by atoms with Crippen LogP contribution in [-0.4, -0.2) is 47.1 Å². The molecular weight excluding hydrogens is 280 g/mol. The predicted octanol–water partition coefficient (Wildman–Crippen LogP) is 0.562. The number of carbonyl (C=O) groups excluding carboxylic acids is 2. The lowest BCUT2D eigenvalue weighted by Gasteiger charge is -2.19. The first kappa shape index (κ1) is 16.0. The van der Waals surface area contributed by atoms with Crippen LogP contribution < -0.4 is 5.73 Å². The SMILES string of the molecule is CSCc1ccc(C(=O)N(CC(N)=O)CC(=O)O)cc1. The summed E-state index contributed by atoms with van der Waals surface area (Å²) in [7, 11) is 0. The number of carboxylic acid groups (broad SMARTS) is 1. The molecule has 0 radical (unpaired) electrons. The average molecular weight is 296 g/mol. The van der Waals surface area contributed by atoms with Crippen molar-refractivity contribution in [1.82, 2.24) is 4.90 Å². The van der Waals surface area contributed by atoms with Crippen molar-refractivity contribution in [2.75, 3.05) is 19.3 Å². The molecule has 6 nitrogen and oxygen atoms in total. The molecule has 1 rings (SSSR count). The highest BCUT2D eigenvalue weighted by Crippen LogP contribution is 2.12. The van der Waals surface area contributed by atoms with Crippen molar-refractivity contribution < 1.29 is 19.5 Å². The van der Waals surface area contributed by atoms with Crippen molar-refractivity contribution in [2.24, 2.45) is 5.73 Å². The Morgan fingerprint density at radius 1 is 1.20 bits per heavy atom. The largest absolute Gasteiger partial charge is 0.480 e. The van der Waals surface area contributed by atoms with E-state index >= 15 is 0 Å². The van der Waals surface area contributed by atoms with E-state index in [2.05, 4.69) is 0 Å². The van der Waals surface area contributed by atoms with Crippen LogP contribution in [0.4, 0.5) is 0 Å². The van der Waals surface area contributed by atoms with Gasteiger partial charge in [0.15, 0.2) is 0 Å². The molecular formula is C13H16N2O4S. The molecule has 0 unspecified atom stereocenters. The van der Waals surface area contributed by atoms with Gasteiger partial charge in [0.05, 0.1) is 0 Å². The average Bonchev–Trinajstić information content (AvgIpc) is 2.37. The Hall–Kier alpha value is -2.02.